The Morgan fingerprint density at radius 2 is 1.95 bits per heavy atom. The number of hydrogen-bond donors (Lipinski definition) is 1. The quantitative estimate of drug-likeness (QED) is 0.765. The molecule has 1 N–H and O–H groups in total. The lowest BCUT2D eigenvalue weighted by Gasteiger charge is -1.93. The predicted octanol–water partition coefficient (Wildman–Crippen LogP) is 3.90. The van der Waals surface area contributed by atoms with Crippen LogP contribution in [-0.2, 0) is 0 Å². The van der Waals surface area contributed by atoms with Crippen molar-refractivity contribution in [3.8, 4) is 0 Å². The van der Waals surface area contributed by atoms with Gasteiger partial charge in [-0.05, 0) is 42.3 Å². The highest BCUT2D eigenvalue weighted by atomic mass is 16.5. The number of hydrogen-bond acceptors (Lipinski definition) is 4. The maximum absolute atomic E-state index is 5.12. The van der Waals surface area contributed by atoms with Crippen molar-refractivity contribution in [3.05, 3.63) is 60.4 Å². The molecule has 0 aliphatic rings. The van der Waals surface area contributed by atoms with E-state index in [-0.39, 0.29) is 0 Å². The maximum Gasteiger partial charge on any atom is 0.177 e. The largest absolute Gasteiger partial charge is 0.370 e. The zero-order valence-electron chi connectivity index (χ0n) is 11.6. The molecular weight excluding hydrogens is 250 g/mol. The number of aryl methyl sites for hydroxylation is 1. The first kappa shape index (κ1) is 13.8. The van der Waals surface area contributed by atoms with E-state index in [1.54, 1.807) is 18.5 Å². The molecule has 0 aliphatic carbocycles. The van der Waals surface area contributed by atoms with Crippen LogP contribution >= 0.6 is 0 Å². The molecule has 0 saturated heterocycles. The van der Waals surface area contributed by atoms with Crippen molar-refractivity contribution < 1.29 is 4.52 Å². The molecule has 0 amide bonds. The van der Waals surface area contributed by atoms with Crippen molar-refractivity contribution in [2.24, 2.45) is 0 Å². The molecule has 4 heteroatoms. The Kier molecular flexibility index (Phi) is 4.50. The molecule has 0 unspecified atom stereocenters. The number of aromatic nitrogens is 2. The molecule has 0 aliphatic heterocycles. The molecule has 0 atom stereocenters. The van der Waals surface area contributed by atoms with Crippen LogP contribution in [0.4, 0.5) is 5.82 Å². The van der Waals surface area contributed by atoms with Gasteiger partial charge in [-0.25, -0.2) is 0 Å². The van der Waals surface area contributed by atoms with E-state index in [4.69, 9.17) is 4.52 Å². The standard InChI is InChI=1S/C10H10N2O.C6H7N/c1-3-7-4-5-8-9(6-7)13-12-10(8)11-2;1-6-2-4-7-5-3-6/h3-6H,1H2,2H3,(H,11,12);2-5H,1H3. The highest BCUT2D eigenvalue weighted by Crippen LogP contribution is 2.23. The molecule has 1 aromatic carbocycles. The number of fused-ring (bicyclic) bond motifs is 1. The summed E-state index contributed by atoms with van der Waals surface area (Å²) >= 11 is 0. The van der Waals surface area contributed by atoms with Gasteiger partial charge < -0.3 is 9.84 Å². The van der Waals surface area contributed by atoms with Crippen molar-refractivity contribution in [2.45, 2.75) is 6.92 Å². The van der Waals surface area contributed by atoms with Gasteiger partial charge in [0, 0.05) is 19.4 Å². The number of pyridine rings is 1. The van der Waals surface area contributed by atoms with Crippen LogP contribution < -0.4 is 5.32 Å². The fourth-order valence-electron chi connectivity index (χ4n) is 1.69. The second-order valence-corrected chi connectivity index (χ2v) is 4.27. The zero-order valence-corrected chi connectivity index (χ0v) is 11.6. The predicted molar refractivity (Wildman–Crippen MR) is 82.6 cm³/mol. The van der Waals surface area contributed by atoms with E-state index in [9.17, 15) is 0 Å². The Labute approximate surface area is 118 Å². The van der Waals surface area contributed by atoms with Gasteiger partial charge in [-0.15, -0.1) is 0 Å². The number of nitrogens with one attached hydrogen (secondary N) is 1. The third-order valence-corrected chi connectivity index (χ3v) is 2.82. The van der Waals surface area contributed by atoms with Gasteiger partial charge in [-0.3, -0.25) is 4.98 Å². The smallest absolute Gasteiger partial charge is 0.177 e. The molecule has 3 rings (SSSR count). The minimum atomic E-state index is 0.769. The molecule has 0 fully saturated rings. The van der Waals surface area contributed by atoms with Gasteiger partial charge in [0.1, 0.15) is 0 Å². The normalized spacial score (nSPS) is 9.70. The lowest BCUT2D eigenvalue weighted by molar-refractivity contribution is 0.460. The third-order valence-electron chi connectivity index (χ3n) is 2.82. The summed E-state index contributed by atoms with van der Waals surface area (Å²) in [7, 11) is 1.82. The van der Waals surface area contributed by atoms with Gasteiger partial charge in [0.15, 0.2) is 11.4 Å². The van der Waals surface area contributed by atoms with E-state index in [2.05, 4.69) is 22.0 Å². The zero-order chi connectivity index (χ0) is 14.4. The summed E-state index contributed by atoms with van der Waals surface area (Å²) in [5.74, 6) is 0.769. The van der Waals surface area contributed by atoms with Gasteiger partial charge in [-0.1, -0.05) is 23.9 Å². The first-order valence-corrected chi connectivity index (χ1v) is 6.31. The second kappa shape index (κ2) is 6.52. The Hall–Kier alpha value is -2.62. The summed E-state index contributed by atoms with van der Waals surface area (Å²) in [4.78, 5) is 3.85. The summed E-state index contributed by atoms with van der Waals surface area (Å²) in [5.41, 5.74) is 3.07. The van der Waals surface area contributed by atoms with Gasteiger partial charge >= 0.3 is 0 Å². The van der Waals surface area contributed by atoms with E-state index < -0.39 is 0 Å². The number of anilines is 1. The van der Waals surface area contributed by atoms with Crippen molar-refractivity contribution >= 4 is 22.9 Å². The first-order chi connectivity index (χ1) is 9.74. The summed E-state index contributed by atoms with van der Waals surface area (Å²) in [6.07, 6.45) is 5.35. The van der Waals surface area contributed by atoms with Crippen LogP contribution in [0, 0.1) is 6.92 Å². The molecule has 2 heterocycles. The van der Waals surface area contributed by atoms with E-state index in [0.717, 1.165) is 22.4 Å². The van der Waals surface area contributed by atoms with Crippen LogP contribution in [0.2, 0.25) is 0 Å². The van der Waals surface area contributed by atoms with Crippen LogP contribution in [0.15, 0.2) is 53.8 Å². The van der Waals surface area contributed by atoms with Crippen LogP contribution in [0.3, 0.4) is 0 Å². The molecule has 0 saturated carbocycles. The molecule has 4 nitrogen and oxygen atoms in total. The summed E-state index contributed by atoms with van der Waals surface area (Å²) < 4.78 is 5.12. The Bertz CT molecular complexity index is 689. The number of rotatable bonds is 2. The third kappa shape index (κ3) is 3.23. The van der Waals surface area contributed by atoms with Crippen LogP contribution in [0.5, 0.6) is 0 Å². The van der Waals surface area contributed by atoms with E-state index in [1.165, 1.54) is 5.56 Å². The van der Waals surface area contributed by atoms with E-state index >= 15 is 0 Å². The monoisotopic (exact) mass is 267 g/mol. The van der Waals surface area contributed by atoms with Gasteiger partial charge in [0.2, 0.25) is 0 Å². The highest BCUT2D eigenvalue weighted by Gasteiger charge is 2.05. The molecule has 102 valence electrons. The summed E-state index contributed by atoms with van der Waals surface area (Å²) in [6, 6.07) is 9.80. The molecule has 0 bridgehead atoms. The maximum atomic E-state index is 5.12. The lowest BCUT2D eigenvalue weighted by atomic mass is 10.2. The Morgan fingerprint density at radius 3 is 2.50 bits per heavy atom. The van der Waals surface area contributed by atoms with Crippen molar-refractivity contribution in [2.75, 3.05) is 12.4 Å². The average Bonchev–Trinajstić information content (AvgIpc) is 2.90. The molecule has 2 aromatic heterocycles. The molecule has 3 aromatic rings. The Balaban J connectivity index is 0.000000178. The van der Waals surface area contributed by atoms with E-state index in [0.29, 0.717) is 0 Å². The summed E-state index contributed by atoms with van der Waals surface area (Å²) in [6.45, 7) is 5.73. The fraction of sp³-hybridized carbons (Fsp3) is 0.125. The van der Waals surface area contributed by atoms with Gasteiger partial charge in [0.25, 0.3) is 0 Å². The van der Waals surface area contributed by atoms with Crippen LogP contribution in [0.1, 0.15) is 11.1 Å². The topological polar surface area (TPSA) is 51.0 Å². The van der Waals surface area contributed by atoms with Gasteiger partial charge in [-0.2, -0.15) is 0 Å². The number of benzene rings is 1. The minimum absolute atomic E-state index is 0.769. The minimum Gasteiger partial charge on any atom is -0.370 e. The lowest BCUT2D eigenvalue weighted by Crippen LogP contribution is -1.86. The molecule has 0 radical (unpaired) electrons. The van der Waals surface area contributed by atoms with Crippen LogP contribution in [-0.4, -0.2) is 17.2 Å². The average molecular weight is 267 g/mol. The summed E-state index contributed by atoms with van der Waals surface area (Å²) in [5, 5.41) is 7.82. The fourth-order valence-corrected chi connectivity index (χ4v) is 1.69. The first-order valence-electron chi connectivity index (χ1n) is 6.31. The molecular formula is C16H17N3O. The van der Waals surface area contributed by atoms with E-state index in [1.807, 2.05) is 44.3 Å². The van der Waals surface area contributed by atoms with Crippen molar-refractivity contribution in [1.82, 2.24) is 10.1 Å². The highest BCUT2D eigenvalue weighted by molar-refractivity contribution is 5.89. The SMILES string of the molecule is C=Cc1ccc2c(NC)noc2c1.Cc1ccncc1. The number of nitrogens with zero attached hydrogens (tertiary/aromatic N) is 2. The second-order valence-electron chi connectivity index (χ2n) is 4.27. The van der Waals surface area contributed by atoms with Crippen molar-refractivity contribution in [3.63, 3.8) is 0 Å². The van der Waals surface area contributed by atoms with Gasteiger partial charge in [0.05, 0.1) is 5.39 Å². The van der Waals surface area contributed by atoms with Crippen molar-refractivity contribution in [1.29, 1.82) is 0 Å². The molecule has 20 heavy (non-hydrogen) atoms. The van der Waals surface area contributed by atoms with Crippen LogP contribution in [0.25, 0.3) is 17.0 Å². The molecule has 0 spiro atoms. The Morgan fingerprint density at radius 1 is 1.20 bits per heavy atom.